The van der Waals surface area contributed by atoms with Gasteiger partial charge in [0.25, 0.3) is 0 Å². The van der Waals surface area contributed by atoms with E-state index in [2.05, 4.69) is 6.08 Å². The molecule has 3 aromatic rings. The molecule has 6 aliphatic rings. The molecule has 2 saturated heterocycles. The van der Waals surface area contributed by atoms with E-state index in [0.717, 1.165) is 56.5 Å². The minimum Gasteiger partial charge on any atom is -0.459 e. The molecule has 3 heterocycles. The van der Waals surface area contributed by atoms with Crippen LogP contribution in [0.3, 0.4) is 0 Å². The van der Waals surface area contributed by atoms with Crippen LogP contribution in [0.5, 0.6) is 0 Å². The topological polar surface area (TPSA) is 199 Å². The Morgan fingerprint density at radius 1 is 0.836 bits per heavy atom. The summed E-state index contributed by atoms with van der Waals surface area (Å²) in [6.45, 7) is -1.05. The predicted molar refractivity (Wildman–Crippen MR) is 218 cm³/mol. The fourth-order valence-electron chi connectivity index (χ4n) is 9.19. The van der Waals surface area contributed by atoms with E-state index in [9.17, 15) is 24.6 Å². The van der Waals surface area contributed by atoms with Crippen LogP contribution in [0.15, 0.2) is 103 Å². The number of esters is 2. The highest BCUT2D eigenvalue weighted by atomic mass is 19.1. The highest BCUT2D eigenvalue weighted by Gasteiger charge is 2.74. The van der Waals surface area contributed by atoms with E-state index in [1.807, 2.05) is 84.9 Å². The van der Waals surface area contributed by atoms with Crippen LogP contribution < -0.4 is 11.5 Å². The second-order valence-corrected chi connectivity index (χ2v) is 16.4. The van der Waals surface area contributed by atoms with Crippen LogP contribution in [-0.2, 0) is 62.1 Å². The summed E-state index contributed by atoms with van der Waals surface area (Å²) < 4.78 is 52.2. The molecule has 0 spiro atoms. The number of rotatable bonds is 14. The van der Waals surface area contributed by atoms with Crippen LogP contribution in [0, 0.1) is 0 Å². The molecule has 13 nitrogen and oxygen atoms in total. The van der Waals surface area contributed by atoms with Crippen LogP contribution in [0.2, 0.25) is 0 Å². The van der Waals surface area contributed by atoms with Crippen molar-refractivity contribution in [2.75, 3.05) is 13.2 Å². The second-order valence-electron chi connectivity index (χ2n) is 16.4. The van der Waals surface area contributed by atoms with Gasteiger partial charge in [0.05, 0.1) is 6.61 Å². The van der Waals surface area contributed by atoms with Crippen molar-refractivity contribution in [3.8, 4) is 0 Å². The quantitative estimate of drug-likeness (QED) is 0.135. The zero-order valence-corrected chi connectivity index (χ0v) is 33.2. The number of allylic oxidation sites excluding steroid dienone is 4. The molecule has 0 aromatic heterocycles. The maximum absolute atomic E-state index is 15.3. The number of benzene rings is 3. The van der Waals surface area contributed by atoms with Crippen LogP contribution >= 0.6 is 0 Å². The van der Waals surface area contributed by atoms with E-state index in [-0.39, 0.29) is 19.4 Å². The molecule has 7 unspecified atom stereocenters. The number of carbonyl (C=O) groups is 3. The van der Waals surface area contributed by atoms with Gasteiger partial charge in [0.1, 0.15) is 31.3 Å². The summed E-state index contributed by atoms with van der Waals surface area (Å²) in [5.41, 5.74) is 22.1. The molecular weight excluding hydrogens is 788 g/mol. The largest absolute Gasteiger partial charge is 0.459 e. The molecule has 3 aromatic carbocycles. The predicted octanol–water partition coefficient (Wildman–Crippen LogP) is 3.91. The number of hydrogen-bond donors (Lipinski definition) is 4. The van der Waals surface area contributed by atoms with Crippen molar-refractivity contribution in [1.29, 1.82) is 0 Å². The van der Waals surface area contributed by atoms with Gasteiger partial charge in [-0.05, 0) is 82.2 Å². The van der Waals surface area contributed by atoms with E-state index in [4.69, 9.17) is 39.9 Å². The van der Waals surface area contributed by atoms with Crippen molar-refractivity contribution in [3.63, 3.8) is 0 Å². The summed E-state index contributed by atoms with van der Waals surface area (Å²) in [5, 5.41) is 23.9. The Morgan fingerprint density at radius 2 is 1.39 bits per heavy atom. The first-order chi connectivity index (χ1) is 29.4. The van der Waals surface area contributed by atoms with Gasteiger partial charge >= 0.3 is 11.9 Å². The summed E-state index contributed by atoms with van der Waals surface area (Å²) in [7, 11) is 0. The Bertz CT molecular complexity index is 2380. The molecule has 0 amide bonds. The minimum absolute atomic E-state index is 0.0552. The minimum atomic E-state index is -2.44. The van der Waals surface area contributed by atoms with Crippen molar-refractivity contribution in [3.05, 3.63) is 136 Å². The number of cyclic esters (lactones) is 1. The molecule has 6 N–H and O–H groups in total. The van der Waals surface area contributed by atoms with E-state index in [1.54, 1.807) is 0 Å². The zero-order valence-electron chi connectivity index (χ0n) is 33.2. The molecule has 3 aliphatic carbocycles. The summed E-state index contributed by atoms with van der Waals surface area (Å²) in [6, 6.07) is 21.7. The lowest BCUT2D eigenvalue weighted by molar-refractivity contribution is -0.364. The van der Waals surface area contributed by atoms with Crippen molar-refractivity contribution >= 4 is 34.4 Å². The van der Waals surface area contributed by atoms with Crippen LogP contribution in [-0.4, -0.2) is 95.5 Å². The first-order valence-electron chi connectivity index (χ1n) is 20.6. The van der Waals surface area contributed by atoms with Crippen molar-refractivity contribution in [2.24, 2.45) is 11.5 Å². The van der Waals surface area contributed by atoms with Crippen LogP contribution in [0.1, 0.15) is 59.1 Å². The average Bonchev–Trinajstić information content (AvgIpc) is 4.07. The van der Waals surface area contributed by atoms with Crippen molar-refractivity contribution in [1.82, 2.24) is 0 Å². The number of Topliss-reactive ketones (excluding diaryl/α,β-unsaturated/α-hetero) is 1. The molecule has 0 saturated carbocycles. The first-order valence-corrected chi connectivity index (χ1v) is 20.6. The summed E-state index contributed by atoms with van der Waals surface area (Å²) in [4.78, 5) is 39.1. The van der Waals surface area contributed by atoms with Gasteiger partial charge in [0, 0.05) is 18.5 Å². The number of carbonyl (C=O) groups excluding carboxylic acids is 3. The number of aliphatic hydroxyl groups excluding tert-OH is 2. The number of halogens is 1. The highest BCUT2D eigenvalue weighted by Crippen LogP contribution is 2.52. The van der Waals surface area contributed by atoms with Crippen molar-refractivity contribution in [2.45, 2.75) is 99.3 Å². The normalized spacial score (nSPS) is 28.9. The first kappa shape index (κ1) is 41.2. The summed E-state index contributed by atoms with van der Waals surface area (Å²) in [6.07, 6.45) is 0.241. The third-order valence-corrected chi connectivity index (χ3v) is 12.3. The molecule has 318 valence electrons. The summed E-state index contributed by atoms with van der Waals surface area (Å²) in [5.74, 6) is -9.17. The number of ketones is 1. The lowest BCUT2D eigenvalue weighted by atomic mass is 9.98. The molecule has 9 rings (SSSR count). The van der Waals surface area contributed by atoms with Gasteiger partial charge in [-0.15, -0.1) is 0 Å². The number of fused-ring (bicyclic) bond motifs is 4. The van der Waals surface area contributed by atoms with Gasteiger partial charge in [0.2, 0.25) is 17.4 Å². The molecule has 0 radical (unpaired) electrons. The Labute approximate surface area is 351 Å². The smallest absolute Gasteiger partial charge is 0.323 e. The Hall–Kier alpha value is -5.16. The number of aliphatic hydroxyl groups is 2. The average molecular weight is 835 g/mol. The third-order valence-electron chi connectivity index (χ3n) is 12.3. The fourth-order valence-corrected chi connectivity index (χ4v) is 9.19. The molecular formula is C47H47FN2O11. The number of hydrogen-bond acceptors (Lipinski definition) is 13. The van der Waals surface area contributed by atoms with Crippen LogP contribution in [0.4, 0.5) is 4.39 Å². The van der Waals surface area contributed by atoms with Crippen molar-refractivity contribution < 1.29 is 57.4 Å². The van der Waals surface area contributed by atoms with Gasteiger partial charge in [-0.2, -0.15) is 0 Å². The van der Waals surface area contributed by atoms with Gasteiger partial charge < -0.3 is 50.1 Å². The molecule has 2 fully saturated rings. The third kappa shape index (κ3) is 7.83. The van der Waals surface area contributed by atoms with Gasteiger partial charge in [-0.1, -0.05) is 91.0 Å². The fraction of sp³-hybridized carbons (Fsp3) is 0.383. The number of nitrogens with two attached hydrogens (primary N) is 2. The Kier molecular flexibility index (Phi) is 11.2. The van der Waals surface area contributed by atoms with Gasteiger partial charge in [0.15, 0.2) is 24.3 Å². The maximum Gasteiger partial charge on any atom is 0.323 e. The van der Waals surface area contributed by atoms with Gasteiger partial charge in [-0.3, -0.25) is 14.4 Å². The van der Waals surface area contributed by atoms with Gasteiger partial charge in [-0.25, -0.2) is 4.39 Å². The van der Waals surface area contributed by atoms with E-state index < -0.39 is 90.9 Å². The zero-order chi connectivity index (χ0) is 42.5. The molecule has 9 atom stereocenters. The standard InChI is InChI=1S/C47H47FN2O11/c48-36-22-40(58-41(53)23-38(36)51)47-43(59-45(60-47)39(52)21-31-18-15-28-9-3-6-12-35(28)31)42(54)46(61-47,57-24-32(49)19-29-16-13-26-7-1-4-10-33(26)29)25-56-44(55)37(50)20-30-17-14-27-8-2-5-11-34(27)30/h1-12,16-18,22,32,37,39-40,42-43,45,52,54H,13-15,19-21,23-25,49-50H2/t32?,37?,39?,40?,42?,43?,45?,46-,47+/m1/s1. The lowest BCUT2D eigenvalue weighted by Gasteiger charge is -2.37. The highest BCUT2D eigenvalue weighted by molar-refractivity contribution is 6.05. The SMILES string of the molecule is NC(CO[C@]1(COC(=O)C(N)CC2=CCc3ccccc32)O[C@]2(C3C=C(F)C(=O)CC(=O)O3)OC(C(O)CC3=CCc4ccccc43)OC2C1O)CC1=CCc2ccccc21. The Morgan fingerprint density at radius 3 is 2.00 bits per heavy atom. The maximum atomic E-state index is 15.3. The van der Waals surface area contributed by atoms with E-state index in [0.29, 0.717) is 25.3 Å². The second kappa shape index (κ2) is 16.6. The summed E-state index contributed by atoms with van der Waals surface area (Å²) >= 11 is 0. The molecule has 3 aliphatic heterocycles. The monoisotopic (exact) mass is 834 g/mol. The molecule has 14 heteroatoms. The molecule has 61 heavy (non-hydrogen) atoms. The number of ether oxygens (including phenoxy) is 6. The van der Waals surface area contributed by atoms with Crippen LogP contribution in [0.25, 0.3) is 16.7 Å². The van der Waals surface area contributed by atoms with E-state index in [1.165, 1.54) is 0 Å². The Balaban J connectivity index is 0.998. The molecule has 0 bridgehead atoms. The lowest BCUT2D eigenvalue weighted by Crippen LogP contribution is -2.54. The van der Waals surface area contributed by atoms with E-state index >= 15 is 4.39 Å².